The van der Waals surface area contributed by atoms with Crippen LogP contribution in [-0.4, -0.2) is 12.1 Å². The van der Waals surface area contributed by atoms with Crippen molar-refractivity contribution in [3.8, 4) is 0 Å². The maximum atomic E-state index is 12.8. The molecule has 3 rings (SSSR count). The average molecular weight is 470 g/mol. The predicted octanol–water partition coefficient (Wildman–Crippen LogP) is 5.16. The minimum absolute atomic E-state index is 0.170. The summed E-state index contributed by atoms with van der Waals surface area (Å²) in [7, 11) is 0. The second kappa shape index (κ2) is 9.79. The number of halogens is 4. The van der Waals surface area contributed by atoms with E-state index < -0.39 is 12.1 Å². The van der Waals surface area contributed by atoms with E-state index in [0.29, 0.717) is 16.5 Å². The van der Waals surface area contributed by atoms with Crippen LogP contribution in [0.3, 0.4) is 0 Å². The quantitative estimate of drug-likeness (QED) is 0.489. The molecule has 0 aliphatic rings. The molecular formula is C21H18Cl4N3O+. The highest BCUT2D eigenvalue weighted by molar-refractivity contribution is 6.39. The Hall–Kier alpha value is -1.82. The van der Waals surface area contributed by atoms with Crippen LogP contribution in [0.4, 0.5) is 0 Å². The molecule has 0 aliphatic heterocycles. The maximum Gasteiger partial charge on any atom is 0.256 e. The summed E-state index contributed by atoms with van der Waals surface area (Å²) in [6.45, 7) is 0. The molecule has 1 heterocycles. The first kappa shape index (κ1) is 21.9. The lowest BCUT2D eigenvalue weighted by atomic mass is 9.89. The smallest absolute Gasteiger partial charge is 0.256 e. The van der Waals surface area contributed by atoms with Crippen LogP contribution in [0.1, 0.15) is 27.4 Å². The van der Waals surface area contributed by atoms with Crippen LogP contribution in [0.25, 0.3) is 0 Å². The van der Waals surface area contributed by atoms with E-state index in [2.05, 4.69) is 10.3 Å². The summed E-state index contributed by atoms with van der Waals surface area (Å²) in [6.07, 6.45) is 2.86. The Morgan fingerprint density at radius 1 is 0.897 bits per heavy atom. The van der Waals surface area contributed by atoms with Crippen LogP contribution in [0.2, 0.25) is 20.1 Å². The highest BCUT2D eigenvalue weighted by Crippen LogP contribution is 2.27. The van der Waals surface area contributed by atoms with Gasteiger partial charge in [-0.25, -0.2) is 4.98 Å². The fourth-order valence-corrected chi connectivity index (χ4v) is 3.83. The van der Waals surface area contributed by atoms with E-state index in [-0.39, 0.29) is 21.5 Å². The molecule has 4 N–H and O–H groups in total. The first-order chi connectivity index (χ1) is 13.8. The van der Waals surface area contributed by atoms with Crippen LogP contribution in [0, 0.1) is 0 Å². The van der Waals surface area contributed by atoms with E-state index in [1.165, 1.54) is 12.4 Å². The highest BCUT2D eigenvalue weighted by atomic mass is 35.5. The molecule has 8 heteroatoms. The lowest BCUT2D eigenvalue weighted by molar-refractivity contribution is -0.377. The van der Waals surface area contributed by atoms with Gasteiger partial charge in [0.2, 0.25) is 0 Å². The van der Waals surface area contributed by atoms with Gasteiger partial charge in [0, 0.05) is 16.0 Å². The molecule has 2 aromatic carbocycles. The van der Waals surface area contributed by atoms with E-state index in [1.54, 1.807) is 12.1 Å². The van der Waals surface area contributed by atoms with E-state index in [4.69, 9.17) is 52.1 Å². The molecule has 2 atom stereocenters. The maximum absolute atomic E-state index is 12.8. The van der Waals surface area contributed by atoms with Crippen molar-refractivity contribution in [2.24, 2.45) is 5.73 Å². The van der Waals surface area contributed by atoms with E-state index in [1.807, 2.05) is 36.4 Å². The van der Waals surface area contributed by atoms with Gasteiger partial charge in [-0.05, 0) is 41.8 Å². The number of hydrogen-bond acceptors (Lipinski definition) is 2. The number of carbonyl (C=O) groups excluding carboxylic acids is 1. The van der Waals surface area contributed by atoms with Gasteiger partial charge in [0.25, 0.3) is 5.91 Å². The SMILES string of the molecule is NC(NC(=O)c1c(Cl)c[nH+]cc1Cl)[C@H](Cc1ccc(Cl)cc1)c1ccc(Cl)cc1. The Balaban J connectivity index is 1.87. The van der Waals surface area contributed by atoms with Gasteiger partial charge in [0.1, 0.15) is 10.0 Å². The van der Waals surface area contributed by atoms with Crippen molar-refractivity contribution in [2.45, 2.75) is 18.5 Å². The predicted molar refractivity (Wildman–Crippen MR) is 118 cm³/mol. The number of H-pyrrole nitrogens is 1. The molecule has 3 aromatic rings. The molecule has 0 fully saturated rings. The van der Waals surface area contributed by atoms with E-state index in [9.17, 15) is 4.79 Å². The molecule has 0 radical (unpaired) electrons. The number of amides is 1. The molecule has 1 amide bonds. The molecule has 0 saturated heterocycles. The molecule has 29 heavy (non-hydrogen) atoms. The van der Waals surface area contributed by atoms with Gasteiger partial charge in [-0.15, -0.1) is 0 Å². The summed E-state index contributed by atoms with van der Waals surface area (Å²) < 4.78 is 0. The van der Waals surface area contributed by atoms with Gasteiger partial charge >= 0.3 is 0 Å². The van der Waals surface area contributed by atoms with Crippen molar-refractivity contribution in [2.75, 3.05) is 0 Å². The zero-order valence-corrected chi connectivity index (χ0v) is 18.2. The van der Waals surface area contributed by atoms with Crippen molar-refractivity contribution in [3.05, 3.63) is 97.7 Å². The lowest BCUT2D eigenvalue weighted by Gasteiger charge is -2.26. The van der Waals surface area contributed by atoms with Crippen LogP contribution in [-0.2, 0) is 6.42 Å². The van der Waals surface area contributed by atoms with Gasteiger partial charge in [0.05, 0.1) is 11.7 Å². The minimum atomic E-state index is -0.698. The fraction of sp³-hybridized carbons (Fsp3) is 0.143. The summed E-state index contributed by atoms with van der Waals surface area (Å²) >= 11 is 24.3. The van der Waals surface area contributed by atoms with Crippen molar-refractivity contribution >= 4 is 52.3 Å². The van der Waals surface area contributed by atoms with Gasteiger partial charge < -0.3 is 11.1 Å². The van der Waals surface area contributed by atoms with E-state index >= 15 is 0 Å². The molecule has 4 nitrogen and oxygen atoms in total. The van der Waals surface area contributed by atoms with Gasteiger partial charge in [-0.3, -0.25) is 4.79 Å². The number of nitrogens with two attached hydrogens (primary N) is 1. The molecule has 0 spiro atoms. The number of carbonyl (C=O) groups is 1. The lowest BCUT2D eigenvalue weighted by Crippen LogP contribution is -2.46. The normalized spacial score (nSPS) is 13.0. The minimum Gasteiger partial charge on any atom is -0.336 e. The third-order valence-electron chi connectivity index (χ3n) is 4.52. The second-order valence-electron chi connectivity index (χ2n) is 6.51. The monoisotopic (exact) mass is 468 g/mol. The average Bonchev–Trinajstić information content (AvgIpc) is 2.68. The molecule has 1 unspecified atom stereocenters. The molecule has 150 valence electrons. The van der Waals surface area contributed by atoms with Crippen molar-refractivity contribution in [3.63, 3.8) is 0 Å². The first-order valence-electron chi connectivity index (χ1n) is 8.76. The summed E-state index contributed by atoms with van der Waals surface area (Å²) in [6, 6.07) is 14.9. The van der Waals surface area contributed by atoms with Crippen molar-refractivity contribution in [1.29, 1.82) is 0 Å². The third kappa shape index (κ3) is 5.62. The van der Waals surface area contributed by atoms with Crippen LogP contribution in [0.5, 0.6) is 0 Å². The van der Waals surface area contributed by atoms with E-state index in [0.717, 1.165) is 11.1 Å². The van der Waals surface area contributed by atoms with Crippen LogP contribution in [0.15, 0.2) is 60.9 Å². The summed E-state index contributed by atoms with van der Waals surface area (Å²) in [5, 5.41) is 4.52. The van der Waals surface area contributed by atoms with Gasteiger partial charge in [-0.2, -0.15) is 0 Å². The molecule has 0 aliphatic carbocycles. The zero-order chi connectivity index (χ0) is 21.0. The Morgan fingerprint density at radius 2 is 1.41 bits per heavy atom. The zero-order valence-electron chi connectivity index (χ0n) is 15.1. The van der Waals surface area contributed by atoms with Crippen molar-refractivity contribution in [1.82, 2.24) is 5.32 Å². The van der Waals surface area contributed by atoms with Gasteiger partial charge in [-0.1, -0.05) is 70.7 Å². The number of rotatable bonds is 6. The highest BCUT2D eigenvalue weighted by Gasteiger charge is 2.25. The molecule has 1 aromatic heterocycles. The summed E-state index contributed by atoms with van der Waals surface area (Å²) in [4.78, 5) is 15.5. The standard InChI is InChI=1S/C21H17Cl4N3O/c22-14-5-1-12(2-6-14)9-16(13-3-7-15(23)8-4-13)20(26)28-21(29)19-17(24)10-27-11-18(19)25/h1-8,10-11,16,20H,9,26H2,(H,28,29)/p+1/t16-,20?/m1/s1. The Morgan fingerprint density at radius 3 is 1.97 bits per heavy atom. The Kier molecular flexibility index (Phi) is 7.38. The first-order valence-corrected chi connectivity index (χ1v) is 10.3. The number of nitrogens with one attached hydrogen (secondary N) is 2. The topological polar surface area (TPSA) is 69.3 Å². The number of benzene rings is 2. The molecular weight excluding hydrogens is 452 g/mol. The van der Waals surface area contributed by atoms with Crippen LogP contribution >= 0.6 is 46.4 Å². The fourth-order valence-electron chi connectivity index (χ4n) is 3.02. The second-order valence-corrected chi connectivity index (χ2v) is 8.20. The third-order valence-corrected chi connectivity index (χ3v) is 5.62. The van der Waals surface area contributed by atoms with Crippen LogP contribution < -0.4 is 16.0 Å². The summed E-state index contributed by atoms with van der Waals surface area (Å²) in [5.74, 6) is -0.665. The van der Waals surface area contributed by atoms with Gasteiger partial charge in [0.15, 0.2) is 12.4 Å². The number of aromatic amines is 1. The molecule has 0 bridgehead atoms. The summed E-state index contributed by atoms with van der Waals surface area (Å²) in [5.41, 5.74) is 8.56. The number of hydrogen-bond donors (Lipinski definition) is 2. The largest absolute Gasteiger partial charge is 0.336 e. The number of aromatic nitrogens is 1. The van der Waals surface area contributed by atoms with Crippen molar-refractivity contribution < 1.29 is 9.78 Å². The Bertz CT molecular complexity index is 974. The molecule has 0 saturated carbocycles. The number of pyridine rings is 1. The Labute approximate surface area is 188 Å².